The van der Waals surface area contributed by atoms with Crippen LogP contribution in [0, 0.1) is 6.92 Å². The van der Waals surface area contributed by atoms with Gasteiger partial charge >= 0.3 is 12.1 Å². The third-order valence-corrected chi connectivity index (χ3v) is 6.25. The molecule has 0 unspecified atom stereocenters. The van der Waals surface area contributed by atoms with E-state index in [4.69, 9.17) is 19.6 Å². The van der Waals surface area contributed by atoms with Crippen molar-refractivity contribution in [3.05, 3.63) is 54.5 Å². The molecule has 0 bridgehead atoms. The van der Waals surface area contributed by atoms with E-state index in [0.29, 0.717) is 28.5 Å². The maximum absolute atomic E-state index is 10.6. The Morgan fingerprint density at radius 3 is 2.55 bits per heavy atom. The molecule has 2 aromatic carbocycles. The zero-order valence-corrected chi connectivity index (χ0v) is 22.4. The molecular formula is C26H25F3N10O3. The third-order valence-electron chi connectivity index (χ3n) is 6.25. The zero-order valence-electron chi connectivity index (χ0n) is 22.4. The Hall–Kier alpha value is -5.12. The summed E-state index contributed by atoms with van der Waals surface area (Å²) >= 11 is 0. The van der Waals surface area contributed by atoms with Crippen LogP contribution in [0.25, 0.3) is 22.1 Å². The van der Waals surface area contributed by atoms with Gasteiger partial charge in [-0.05, 0) is 42.8 Å². The number of hydrogen-bond acceptors (Lipinski definition) is 11. The lowest BCUT2D eigenvalue weighted by Gasteiger charge is -2.27. The number of aryl methyl sites for hydroxylation is 2. The Balaban J connectivity index is 0.000000451. The van der Waals surface area contributed by atoms with Gasteiger partial charge in [-0.25, -0.2) is 29.4 Å². The Kier molecular flexibility index (Phi) is 7.97. The molecule has 6 rings (SSSR count). The highest BCUT2D eigenvalue weighted by Crippen LogP contribution is 2.30. The number of anilines is 3. The molecular weight excluding hydrogens is 557 g/mol. The van der Waals surface area contributed by atoms with E-state index in [2.05, 4.69) is 40.8 Å². The normalized spacial score (nSPS) is 13.5. The minimum Gasteiger partial charge on any atom is -0.475 e. The van der Waals surface area contributed by atoms with Gasteiger partial charge in [-0.15, -0.1) is 5.10 Å². The van der Waals surface area contributed by atoms with E-state index in [0.717, 1.165) is 54.2 Å². The van der Waals surface area contributed by atoms with Crippen LogP contribution in [-0.2, 0) is 11.8 Å². The van der Waals surface area contributed by atoms with Crippen LogP contribution in [0.2, 0.25) is 0 Å². The molecule has 42 heavy (non-hydrogen) atoms. The number of alkyl halides is 3. The number of fused-ring (bicyclic) bond motifs is 2. The van der Waals surface area contributed by atoms with Gasteiger partial charge in [-0.1, -0.05) is 5.21 Å². The molecule has 0 aliphatic carbocycles. The van der Waals surface area contributed by atoms with Crippen molar-refractivity contribution in [3.63, 3.8) is 0 Å². The first kappa shape index (κ1) is 28.4. The number of aromatic nitrogens is 7. The Morgan fingerprint density at radius 2 is 1.83 bits per heavy atom. The molecule has 0 atom stereocenters. The lowest BCUT2D eigenvalue weighted by Crippen LogP contribution is -2.44. The molecule has 1 fully saturated rings. The number of aliphatic carboxylic acids is 1. The predicted molar refractivity (Wildman–Crippen MR) is 147 cm³/mol. The smallest absolute Gasteiger partial charge is 0.475 e. The van der Waals surface area contributed by atoms with Crippen LogP contribution in [0.5, 0.6) is 11.5 Å². The largest absolute Gasteiger partial charge is 0.490 e. The van der Waals surface area contributed by atoms with Crippen molar-refractivity contribution < 1.29 is 27.8 Å². The molecule has 16 heteroatoms. The van der Waals surface area contributed by atoms with Crippen molar-refractivity contribution in [2.24, 2.45) is 7.05 Å². The number of hydrogen-bond donors (Lipinski definition) is 3. The van der Waals surface area contributed by atoms with Crippen molar-refractivity contribution in [3.8, 4) is 11.5 Å². The zero-order chi connectivity index (χ0) is 29.9. The van der Waals surface area contributed by atoms with Gasteiger partial charge in [-0.3, -0.25) is 0 Å². The first-order valence-electron chi connectivity index (χ1n) is 12.7. The molecule has 1 saturated heterocycles. The highest BCUT2D eigenvalue weighted by molar-refractivity contribution is 5.87. The summed E-state index contributed by atoms with van der Waals surface area (Å²) in [5, 5.41) is 22.1. The summed E-state index contributed by atoms with van der Waals surface area (Å²) in [6, 6.07) is 11.7. The van der Waals surface area contributed by atoms with Gasteiger partial charge in [0, 0.05) is 45.0 Å². The molecule has 3 aromatic heterocycles. The maximum atomic E-state index is 10.6. The second kappa shape index (κ2) is 11.8. The van der Waals surface area contributed by atoms with Crippen molar-refractivity contribution in [1.29, 1.82) is 0 Å². The lowest BCUT2D eigenvalue weighted by atomic mass is 10.2. The summed E-state index contributed by atoms with van der Waals surface area (Å²) in [6.45, 7) is 5.57. The summed E-state index contributed by atoms with van der Waals surface area (Å²) in [7, 11) is 1.87. The predicted octanol–water partition coefficient (Wildman–Crippen LogP) is 3.59. The number of carboxylic acid groups (broad SMARTS) is 1. The quantitative estimate of drug-likeness (QED) is 0.277. The van der Waals surface area contributed by atoms with E-state index >= 15 is 0 Å². The van der Waals surface area contributed by atoms with Gasteiger partial charge in [0.05, 0.1) is 11.7 Å². The van der Waals surface area contributed by atoms with Gasteiger partial charge in [-0.2, -0.15) is 13.2 Å². The summed E-state index contributed by atoms with van der Waals surface area (Å²) in [5.41, 5.74) is 4.97. The van der Waals surface area contributed by atoms with Crippen LogP contribution < -0.4 is 20.3 Å². The number of ether oxygens (including phenoxy) is 1. The second-order valence-electron chi connectivity index (χ2n) is 9.24. The van der Waals surface area contributed by atoms with Crippen LogP contribution >= 0.6 is 0 Å². The lowest BCUT2D eigenvalue weighted by molar-refractivity contribution is -0.192. The summed E-state index contributed by atoms with van der Waals surface area (Å²) < 4.78 is 39.6. The van der Waals surface area contributed by atoms with Crippen molar-refractivity contribution in [2.45, 2.75) is 13.1 Å². The maximum Gasteiger partial charge on any atom is 0.490 e. The molecule has 5 aromatic rings. The first-order chi connectivity index (χ1) is 20.1. The molecule has 0 amide bonds. The highest BCUT2D eigenvalue weighted by Gasteiger charge is 2.38. The van der Waals surface area contributed by atoms with Gasteiger partial charge in [0.2, 0.25) is 5.95 Å². The molecule has 0 saturated carbocycles. The monoisotopic (exact) mass is 582 g/mol. The highest BCUT2D eigenvalue weighted by atomic mass is 19.4. The summed E-state index contributed by atoms with van der Waals surface area (Å²) in [5.74, 6) is 0.0368. The minimum absolute atomic E-state index is 0.634. The molecule has 0 spiro atoms. The molecule has 3 N–H and O–H groups in total. The van der Waals surface area contributed by atoms with E-state index < -0.39 is 12.1 Å². The number of nitrogens with one attached hydrogen (secondary N) is 2. The molecule has 218 valence electrons. The molecule has 13 nitrogen and oxygen atoms in total. The van der Waals surface area contributed by atoms with E-state index in [-0.39, 0.29) is 0 Å². The summed E-state index contributed by atoms with van der Waals surface area (Å²) in [6.07, 6.45) is -1.81. The van der Waals surface area contributed by atoms with Crippen molar-refractivity contribution >= 4 is 45.5 Å². The number of carbonyl (C=O) groups is 1. The van der Waals surface area contributed by atoms with Gasteiger partial charge in [0.25, 0.3) is 0 Å². The Labute approximate surface area is 236 Å². The number of halogens is 3. The van der Waals surface area contributed by atoms with Crippen LogP contribution in [0.1, 0.15) is 5.56 Å². The molecule has 1 aliphatic heterocycles. The Bertz CT molecular complexity index is 1740. The molecule has 0 radical (unpaired) electrons. The Morgan fingerprint density at radius 1 is 1.07 bits per heavy atom. The van der Waals surface area contributed by atoms with Crippen LogP contribution in [0.3, 0.4) is 0 Å². The van der Waals surface area contributed by atoms with Crippen molar-refractivity contribution in [2.75, 3.05) is 36.4 Å². The SMILES string of the molecule is Cc1cc(Nc2ncnc3cnc(N4CCNCC4)nc23)ccc1Oc1ccc2c(c1)nnn2C.O=C(O)C(F)(F)F. The fourth-order valence-corrected chi connectivity index (χ4v) is 4.14. The van der Waals surface area contributed by atoms with E-state index in [1.165, 1.54) is 6.33 Å². The van der Waals surface area contributed by atoms with Gasteiger partial charge in [0.15, 0.2) is 5.82 Å². The topological polar surface area (TPSA) is 156 Å². The number of nitrogens with zero attached hydrogens (tertiary/aromatic N) is 8. The number of benzene rings is 2. The standard InChI is InChI=1S/C24H24N10O.C2HF3O2/c1-15-11-16(3-6-21(15)35-17-4-5-20-18(12-17)31-32-33(20)2)29-23-22-19(27-14-28-23)13-26-24(30-22)34-9-7-25-8-10-34;3-2(4,5)1(6)7/h3-6,11-14,25H,7-10H2,1-2H3,(H,27,28,29);(H,6,7). The second-order valence-corrected chi connectivity index (χ2v) is 9.24. The minimum atomic E-state index is -5.08. The van der Waals surface area contributed by atoms with E-state index in [1.807, 2.05) is 50.4 Å². The number of carboxylic acids is 1. The van der Waals surface area contributed by atoms with Crippen molar-refractivity contribution in [1.82, 2.24) is 40.2 Å². The average Bonchev–Trinajstić information content (AvgIpc) is 3.34. The van der Waals surface area contributed by atoms with Crippen LogP contribution in [0.15, 0.2) is 48.9 Å². The summed E-state index contributed by atoms with van der Waals surface area (Å²) in [4.78, 5) is 29.1. The number of rotatable bonds is 5. The number of piperazine rings is 1. The van der Waals surface area contributed by atoms with E-state index in [9.17, 15) is 13.2 Å². The fourth-order valence-electron chi connectivity index (χ4n) is 4.14. The fraction of sp³-hybridized carbons (Fsp3) is 0.269. The van der Waals surface area contributed by atoms with Gasteiger partial charge in [0.1, 0.15) is 34.4 Å². The average molecular weight is 583 g/mol. The molecule has 1 aliphatic rings. The third kappa shape index (κ3) is 6.43. The first-order valence-corrected chi connectivity index (χ1v) is 12.7. The van der Waals surface area contributed by atoms with Crippen LogP contribution in [0.4, 0.5) is 30.6 Å². The van der Waals surface area contributed by atoms with Crippen LogP contribution in [-0.4, -0.2) is 78.4 Å². The van der Waals surface area contributed by atoms with E-state index in [1.54, 1.807) is 10.9 Å². The molecule has 4 heterocycles. The van der Waals surface area contributed by atoms with Gasteiger partial charge < -0.3 is 25.4 Å².